The normalized spacial score (nSPS) is 13.2. The molecule has 0 aliphatic heterocycles. The van der Waals surface area contributed by atoms with E-state index in [9.17, 15) is 9.59 Å². The summed E-state index contributed by atoms with van der Waals surface area (Å²) in [6.45, 7) is 0. The molecule has 0 heterocycles. The van der Waals surface area contributed by atoms with Gasteiger partial charge in [-0.25, -0.2) is 0 Å². The monoisotopic (exact) mass is 257 g/mol. The Balaban J connectivity index is 2.19. The van der Waals surface area contributed by atoms with E-state index in [-0.39, 0.29) is 0 Å². The minimum atomic E-state index is -0.427. The van der Waals surface area contributed by atoms with Gasteiger partial charge in [-0.15, -0.1) is 0 Å². The summed E-state index contributed by atoms with van der Waals surface area (Å²) in [5.41, 5.74) is 2.66. The van der Waals surface area contributed by atoms with Crippen molar-refractivity contribution < 1.29 is 9.59 Å². The van der Waals surface area contributed by atoms with Crippen LogP contribution in [0.25, 0.3) is 21.9 Å². The van der Waals surface area contributed by atoms with Gasteiger partial charge in [-0.1, -0.05) is 54.6 Å². The van der Waals surface area contributed by atoms with Gasteiger partial charge in [-0.05, 0) is 28.0 Å². The van der Waals surface area contributed by atoms with E-state index in [1.54, 1.807) is 18.2 Å². The Labute approximate surface area is 115 Å². The number of hydrogen-bond donors (Lipinski definition) is 0. The van der Waals surface area contributed by atoms with E-state index in [1.807, 2.05) is 36.4 Å². The van der Waals surface area contributed by atoms with Crippen LogP contribution in [-0.4, -0.2) is 11.6 Å². The number of hydrogen-bond acceptors (Lipinski definition) is 2. The second-order valence-corrected chi connectivity index (χ2v) is 4.82. The van der Waals surface area contributed by atoms with Crippen LogP contribution in [-0.2, 0) is 0 Å². The topological polar surface area (TPSA) is 34.1 Å². The molecule has 0 N–H and O–H groups in total. The van der Waals surface area contributed by atoms with Crippen molar-refractivity contribution >= 4 is 22.3 Å². The van der Waals surface area contributed by atoms with Gasteiger partial charge in [0.15, 0.2) is 0 Å². The fourth-order valence-electron chi connectivity index (χ4n) is 2.82. The fraction of sp³-hybridized carbons (Fsp3) is 0. The molecule has 1 aliphatic rings. The van der Waals surface area contributed by atoms with Gasteiger partial charge in [-0.3, -0.25) is 9.59 Å². The Morgan fingerprint density at radius 1 is 0.700 bits per heavy atom. The lowest BCUT2D eigenvalue weighted by molar-refractivity contribution is 0.0816. The molecule has 0 amide bonds. The Morgan fingerprint density at radius 3 is 2.35 bits per heavy atom. The number of ketones is 2. The quantitative estimate of drug-likeness (QED) is 0.576. The van der Waals surface area contributed by atoms with E-state index in [2.05, 4.69) is 6.07 Å². The van der Waals surface area contributed by atoms with E-state index in [1.165, 1.54) is 0 Å². The molecule has 0 bridgehead atoms. The van der Waals surface area contributed by atoms with E-state index >= 15 is 0 Å². The van der Waals surface area contributed by atoms with Crippen molar-refractivity contribution in [3.8, 4) is 11.1 Å². The summed E-state index contributed by atoms with van der Waals surface area (Å²) in [6, 6.07) is 19.7. The molecule has 0 fully saturated rings. The fourth-order valence-corrected chi connectivity index (χ4v) is 2.82. The van der Waals surface area contributed by atoms with Crippen LogP contribution >= 0.6 is 0 Å². The molecule has 1 aliphatic carbocycles. The summed E-state index contributed by atoms with van der Waals surface area (Å²) >= 11 is 0. The van der Waals surface area contributed by atoms with Gasteiger partial charge in [0.1, 0.15) is 0 Å². The summed E-state index contributed by atoms with van der Waals surface area (Å²) in [4.78, 5) is 24.7. The van der Waals surface area contributed by atoms with Crippen molar-refractivity contribution in [2.24, 2.45) is 0 Å². The van der Waals surface area contributed by atoms with Gasteiger partial charge in [0.25, 0.3) is 0 Å². The summed E-state index contributed by atoms with van der Waals surface area (Å²) in [6.07, 6.45) is 0. The van der Waals surface area contributed by atoms with Crippen LogP contribution in [0.15, 0.2) is 54.6 Å². The van der Waals surface area contributed by atoms with Gasteiger partial charge in [0.05, 0.1) is 0 Å². The van der Waals surface area contributed by atoms with Crippen molar-refractivity contribution in [1.82, 2.24) is 0 Å². The highest BCUT2D eigenvalue weighted by Crippen LogP contribution is 2.37. The molecular weight excluding hydrogens is 248 g/mol. The molecule has 2 heteroatoms. The SMILES string of the molecule is O=C1C(=O)c2c(ccc3[c]cccc23)-c2ccccc21. The predicted molar refractivity (Wildman–Crippen MR) is 76.9 cm³/mol. The lowest BCUT2D eigenvalue weighted by Crippen LogP contribution is -2.21. The summed E-state index contributed by atoms with van der Waals surface area (Å²) < 4.78 is 0. The minimum Gasteiger partial charge on any atom is -0.285 e. The molecule has 0 saturated heterocycles. The van der Waals surface area contributed by atoms with Gasteiger partial charge >= 0.3 is 0 Å². The van der Waals surface area contributed by atoms with Crippen molar-refractivity contribution in [2.45, 2.75) is 0 Å². The molecule has 3 aromatic carbocycles. The minimum absolute atomic E-state index is 0.426. The molecule has 0 aromatic heterocycles. The third kappa shape index (κ3) is 1.33. The van der Waals surface area contributed by atoms with Crippen LogP contribution < -0.4 is 0 Å². The first-order valence-electron chi connectivity index (χ1n) is 6.39. The molecule has 0 unspecified atom stereocenters. The van der Waals surface area contributed by atoms with E-state index in [0.717, 1.165) is 21.9 Å². The molecule has 4 rings (SSSR count). The number of Topliss-reactive ketones (excluding diaryl/α,β-unsaturated/α-hetero) is 2. The van der Waals surface area contributed by atoms with Crippen LogP contribution in [0.4, 0.5) is 0 Å². The zero-order valence-corrected chi connectivity index (χ0v) is 10.5. The summed E-state index contributed by atoms with van der Waals surface area (Å²) in [5, 5.41) is 1.64. The third-order valence-corrected chi connectivity index (χ3v) is 3.74. The predicted octanol–water partition coefficient (Wildman–Crippen LogP) is 3.69. The standard InChI is InChI=1S/C18H9O2/c19-17-15-8-4-3-7-13(15)14-10-9-11-5-1-2-6-12(11)16(14)18(17)20/h1-4,6-10H. The van der Waals surface area contributed by atoms with E-state index in [0.29, 0.717) is 11.1 Å². The Hall–Kier alpha value is -2.74. The Kier molecular flexibility index (Phi) is 2.15. The smallest absolute Gasteiger partial charge is 0.234 e. The molecule has 93 valence electrons. The van der Waals surface area contributed by atoms with Gasteiger partial charge in [0.2, 0.25) is 11.6 Å². The zero-order valence-electron chi connectivity index (χ0n) is 10.5. The van der Waals surface area contributed by atoms with Crippen molar-refractivity contribution in [2.75, 3.05) is 0 Å². The number of benzene rings is 3. The number of fused-ring (bicyclic) bond motifs is 5. The maximum absolute atomic E-state index is 12.4. The van der Waals surface area contributed by atoms with Crippen LogP contribution in [0, 0.1) is 6.07 Å². The maximum atomic E-state index is 12.4. The second-order valence-electron chi connectivity index (χ2n) is 4.82. The Morgan fingerprint density at radius 2 is 1.50 bits per heavy atom. The molecular formula is C18H9O2. The largest absolute Gasteiger partial charge is 0.285 e. The molecule has 1 radical (unpaired) electrons. The average molecular weight is 257 g/mol. The zero-order chi connectivity index (χ0) is 13.7. The summed E-state index contributed by atoms with van der Waals surface area (Å²) in [5.74, 6) is -0.853. The maximum Gasteiger partial charge on any atom is 0.234 e. The highest BCUT2D eigenvalue weighted by molar-refractivity contribution is 6.54. The molecule has 20 heavy (non-hydrogen) atoms. The first-order chi connectivity index (χ1) is 9.77. The second kappa shape index (κ2) is 3.87. The highest BCUT2D eigenvalue weighted by Gasteiger charge is 2.31. The lowest BCUT2D eigenvalue weighted by atomic mass is 9.81. The first kappa shape index (κ1) is 11.1. The van der Waals surface area contributed by atoms with E-state index < -0.39 is 11.6 Å². The van der Waals surface area contributed by atoms with Crippen molar-refractivity contribution in [3.05, 3.63) is 71.8 Å². The molecule has 0 spiro atoms. The third-order valence-electron chi connectivity index (χ3n) is 3.74. The van der Waals surface area contributed by atoms with Crippen LogP contribution in [0.1, 0.15) is 20.7 Å². The molecule has 2 nitrogen and oxygen atoms in total. The molecule has 0 saturated carbocycles. The Bertz CT molecular complexity index is 891. The van der Waals surface area contributed by atoms with E-state index in [4.69, 9.17) is 0 Å². The lowest BCUT2D eigenvalue weighted by Gasteiger charge is -2.19. The number of rotatable bonds is 0. The molecule has 0 atom stereocenters. The van der Waals surface area contributed by atoms with Crippen molar-refractivity contribution in [3.63, 3.8) is 0 Å². The molecule has 3 aromatic rings. The van der Waals surface area contributed by atoms with Crippen molar-refractivity contribution in [1.29, 1.82) is 0 Å². The van der Waals surface area contributed by atoms with Gasteiger partial charge in [0, 0.05) is 11.1 Å². The number of carbonyl (C=O) groups excluding carboxylic acids is 2. The van der Waals surface area contributed by atoms with Gasteiger partial charge in [-0.2, -0.15) is 0 Å². The van der Waals surface area contributed by atoms with Crippen LogP contribution in [0.3, 0.4) is 0 Å². The first-order valence-corrected chi connectivity index (χ1v) is 6.39. The van der Waals surface area contributed by atoms with Gasteiger partial charge < -0.3 is 0 Å². The number of carbonyl (C=O) groups is 2. The average Bonchev–Trinajstić information content (AvgIpc) is 2.51. The summed E-state index contributed by atoms with van der Waals surface area (Å²) in [7, 11) is 0. The highest BCUT2D eigenvalue weighted by atomic mass is 16.2. The van der Waals surface area contributed by atoms with Crippen LogP contribution in [0.5, 0.6) is 0 Å². The van der Waals surface area contributed by atoms with Crippen LogP contribution in [0.2, 0.25) is 0 Å².